The predicted octanol–water partition coefficient (Wildman–Crippen LogP) is 14.8. The minimum Gasteiger partial charge on any atom is -0.811 e. The molecular weight excluding hydrogens is 1170 g/mol. The van der Waals surface area contributed by atoms with Crippen molar-refractivity contribution in [3.05, 3.63) is 36.5 Å². The first-order valence-electron chi connectivity index (χ1n) is 27.7. The summed E-state index contributed by atoms with van der Waals surface area (Å²) in [5, 5.41) is 0. The Morgan fingerprint density at radius 3 is 0.515 bits per heavy atom. The third kappa shape index (κ3) is 88.0. The van der Waals surface area contributed by atoms with Gasteiger partial charge in [-0.2, -0.15) is 0 Å². The molecule has 0 saturated heterocycles. The Labute approximate surface area is 487 Å². The van der Waals surface area contributed by atoms with E-state index in [1.54, 1.807) is 0 Å². The van der Waals surface area contributed by atoms with Crippen molar-refractivity contribution in [2.75, 3.05) is 18.5 Å². The van der Waals surface area contributed by atoms with Crippen LogP contribution in [0.4, 0.5) is 0 Å². The van der Waals surface area contributed by atoms with E-state index in [1.165, 1.54) is 173 Å². The zero-order valence-corrected chi connectivity index (χ0v) is 53.4. The van der Waals surface area contributed by atoms with Crippen molar-refractivity contribution < 1.29 is 125 Å². The summed E-state index contributed by atoms with van der Waals surface area (Å²) in [7, 11) is -12.8. The van der Waals surface area contributed by atoms with Gasteiger partial charge in [0.05, 0.1) is 0 Å². The summed E-state index contributed by atoms with van der Waals surface area (Å²) in [4.78, 5) is 62.7. The summed E-state index contributed by atoms with van der Waals surface area (Å²) in [5.41, 5.74) is 0. The van der Waals surface area contributed by atoms with E-state index in [9.17, 15) is 43.1 Å². The SMILES string of the molecule is CCCCCCCC/C=C\CCCCCCCCP(=O)([O-])[O-].CCCCCCCC/C=C\CCCCCCCCP(=O)([O-])[O-].CCCCCCCC/C=C\CCCCCCCCP(=O)([O-])[O-].[Nd+3].[Nd+3]. The summed E-state index contributed by atoms with van der Waals surface area (Å²) < 4.78 is 31.3. The van der Waals surface area contributed by atoms with Gasteiger partial charge < -0.3 is 43.1 Å². The van der Waals surface area contributed by atoms with Crippen LogP contribution in [0.15, 0.2) is 36.5 Å². The summed E-state index contributed by atoms with van der Waals surface area (Å²) in [6.45, 7) is 6.75. The van der Waals surface area contributed by atoms with Gasteiger partial charge in [-0.05, 0) is 115 Å². The third-order valence-electron chi connectivity index (χ3n) is 11.8. The molecule has 0 atom stereocenters. The molecule has 0 saturated carbocycles. The Hall–Kier alpha value is 2.37. The van der Waals surface area contributed by atoms with Gasteiger partial charge in [-0.1, -0.05) is 253 Å². The number of hydrogen-bond donors (Lipinski definition) is 0. The standard InChI is InChI=1S/3C18H37O3P.2Nd/c3*1-2-3-4-5-6-7-8-9-10-11-12-13-14-15-16-17-18-22(19,20)21;;/h3*9-10H,2-8,11-18H2,1H3,(H2,19,20,21);;/q;;;2*+3/p-6/b3*10-9-;;. The van der Waals surface area contributed by atoms with Gasteiger partial charge in [0.2, 0.25) is 0 Å². The first kappa shape index (κ1) is 79.2. The molecule has 0 aromatic heterocycles. The zero-order chi connectivity index (χ0) is 49.6. The zero-order valence-electron chi connectivity index (χ0n) is 44.3. The van der Waals surface area contributed by atoms with E-state index in [1.807, 2.05) is 0 Å². The van der Waals surface area contributed by atoms with Gasteiger partial charge in [0, 0.05) is 0 Å². The number of rotatable bonds is 48. The van der Waals surface area contributed by atoms with Gasteiger partial charge in [-0.15, -0.1) is 0 Å². The fourth-order valence-electron chi connectivity index (χ4n) is 7.66. The number of hydrogen-bond acceptors (Lipinski definition) is 9. The summed E-state index contributed by atoms with van der Waals surface area (Å²) in [6, 6.07) is 0. The molecule has 0 spiro atoms. The van der Waals surface area contributed by atoms with Crippen LogP contribution in [0.2, 0.25) is 0 Å². The van der Waals surface area contributed by atoms with Gasteiger partial charge in [-0.25, -0.2) is 0 Å². The smallest absolute Gasteiger partial charge is 0.811 e. The van der Waals surface area contributed by atoms with Gasteiger partial charge in [0.15, 0.2) is 0 Å². The Morgan fingerprint density at radius 1 is 0.235 bits per heavy atom. The fourth-order valence-corrected chi connectivity index (χ4v) is 9.49. The minimum atomic E-state index is -4.26. The third-order valence-corrected chi connectivity index (χ3v) is 14.4. The first-order chi connectivity index (χ1) is 31.7. The van der Waals surface area contributed by atoms with Crippen molar-refractivity contribution >= 4 is 22.8 Å². The molecule has 0 aliphatic carbocycles. The maximum atomic E-state index is 10.4. The molecule has 0 aromatic rings. The normalized spacial score (nSPS) is 12.0. The summed E-state index contributed by atoms with van der Waals surface area (Å²) >= 11 is 0. The van der Waals surface area contributed by atoms with Crippen LogP contribution in [0.25, 0.3) is 0 Å². The van der Waals surface area contributed by atoms with Crippen LogP contribution in [-0.4, -0.2) is 18.5 Å². The molecule has 2 radical (unpaired) electrons. The average Bonchev–Trinajstić information content (AvgIpc) is 3.25. The van der Waals surface area contributed by atoms with Crippen LogP contribution in [0.5, 0.6) is 0 Å². The Balaban J connectivity index is -0.000000288. The van der Waals surface area contributed by atoms with Crippen LogP contribution in [-0.2, 0) is 13.7 Å². The molecule has 0 heterocycles. The molecule has 0 unspecified atom stereocenters. The van der Waals surface area contributed by atoms with E-state index >= 15 is 0 Å². The van der Waals surface area contributed by atoms with Crippen LogP contribution in [0.3, 0.4) is 0 Å². The van der Waals surface area contributed by atoms with Crippen LogP contribution in [0.1, 0.15) is 290 Å². The molecular formula is C54H105Nd2O9P3. The molecule has 0 N–H and O–H groups in total. The van der Waals surface area contributed by atoms with Crippen molar-refractivity contribution in [3.63, 3.8) is 0 Å². The summed E-state index contributed by atoms with van der Waals surface area (Å²) in [6.07, 6.45) is 63.0. The second-order valence-electron chi connectivity index (χ2n) is 18.8. The number of allylic oxidation sites excluding steroid dienone is 6. The molecule has 0 fully saturated rings. The van der Waals surface area contributed by atoms with Crippen molar-refractivity contribution in [2.24, 2.45) is 0 Å². The van der Waals surface area contributed by atoms with E-state index in [0.29, 0.717) is 19.3 Å². The van der Waals surface area contributed by atoms with Crippen molar-refractivity contribution in [2.45, 2.75) is 290 Å². The topological polar surface area (TPSA) is 190 Å². The minimum absolute atomic E-state index is 0. The van der Waals surface area contributed by atoms with E-state index in [0.717, 1.165) is 77.0 Å². The second-order valence-corrected chi connectivity index (χ2v) is 23.8. The van der Waals surface area contributed by atoms with E-state index in [2.05, 4.69) is 57.2 Å². The van der Waals surface area contributed by atoms with Crippen LogP contribution in [0, 0.1) is 81.7 Å². The van der Waals surface area contributed by atoms with E-state index in [-0.39, 0.29) is 100 Å². The van der Waals surface area contributed by atoms with Gasteiger partial charge >= 0.3 is 81.7 Å². The monoisotopic (exact) mass is 1270 g/mol. The quantitative estimate of drug-likeness (QED) is 0.0324. The molecule has 0 aromatic carbocycles. The van der Waals surface area contributed by atoms with E-state index in [4.69, 9.17) is 0 Å². The molecule has 398 valence electrons. The molecule has 0 rings (SSSR count). The Bertz CT molecular complexity index is 1050. The van der Waals surface area contributed by atoms with Crippen LogP contribution >= 0.6 is 22.8 Å². The van der Waals surface area contributed by atoms with Crippen molar-refractivity contribution in [1.29, 1.82) is 0 Å². The molecule has 68 heavy (non-hydrogen) atoms. The van der Waals surface area contributed by atoms with Crippen molar-refractivity contribution in [1.82, 2.24) is 0 Å². The maximum absolute atomic E-state index is 10.4. The average molecular weight is 1280 g/mol. The van der Waals surface area contributed by atoms with Crippen molar-refractivity contribution in [3.8, 4) is 0 Å². The molecule has 0 aliphatic rings. The Kier molecular flexibility index (Phi) is 74.2. The van der Waals surface area contributed by atoms with Crippen LogP contribution < -0.4 is 29.4 Å². The first-order valence-corrected chi connectivity index (χ1v) is 32.8. The second kappa shape index (κ2) is 63.7. The number of unbranched alkanes of at least 4 members (excludes halogenated alkanes) is 36. The molecule has 9 nitrogen and oxygen atoms in total. The molecule has 0 aliphatic heterocycles. The Morgan fingerprint density at radius 2 is 0.368 bits per heavy atom. The largest absolute Gasteiger partial charge is 3.00 e. The predicted molar refractivity (Wildman–Crippen MR) is 276 cm³/mol. The fraction of sp³-hybridized carbons (Fsp3) is 0.889. The maximum Gasteiger partial charge on any atom is 3.00 e. The summed E-state index contributed by atoms with van der Waals surface area (Å²) in [5.74, 6) is 0. The van der Waals surface area contributed by atoms with Gasteiger partial charge in [0.1, 0.15) is 0 Å². The van der Waals surface area contributed by atoms with Gasteiger partial charge in [0.25, 0.3) is 0 Å². The van der Waals surface area contributed by atoms with E-state index < -0.39 is 22.8 Å². The van der Waals surface area contributed by atoms with Gasteiger partial charge in [-0.3, -0.25) is 0 Å². The molecule has 0 bridgehead atoms. The molecule has 0 amide bonds. The molecule has 14 heteroatoms.